The Bertz CT molecular complexity index is 348. The third-order valence-electron chi connectivity index (χ3n) is 1.35. The highest BCUT2D eigenvalue weighted by Crippen LogP contribution is 1.97. The maximum atomic E-state index is 11.1. The minimum absolute atomic E-state index is 0.0748. The van der Waals surface area contributed by atoms with Gasteiger partial charge in [-0.2, -0.15) is 0 Å². The smallest absolute Gasteiger partial charge is 0.364 e. The van der Waals surface area contributed by atoms with Crippen LogP contribution in [0.1, 0.15) is 16.9 Å². The van der Waals surface area contributed by atoms with E-state index in [-0.39, 0.29) is 12.1 Å². The first kappa shape index (κ1) is 10.0. The van der Waals surface area contributed by atoms with Crippen molar-refractivity contribution in [2.75, 3.05) is 0 Å². The maximum Gasteiger partial charge on any atom is 0.364 e. The molecule has 0 aliphatic heterocycles. The van der Waals surface area contributed by atoms with Crippen molar-refractivity contribution in [2.45, 2.75) is 6.42 Å². The monoisotopic (exact) mass is 192 g/mol. The molecule has 5 nitrogen and oxygen atoms in total. The number of esters is 2. The van der Waals surface area contributed by atoms with E-state index in [1.165, 1.54) is 12.3 Å². The summed E-state index contributed by atoms with van der Waals surface area (Å²) < 4.78 is 4.39. The molecular weight excluding hydrogens is 184 g/mol. The Morgan fingerprint density at radius 1 is 1.50 bits per heavy atom. The number of rotatable bonds is 3. The van der Waals surface area contributed by atoms with E-state index in [0.717, 1.165) is 6.21 Å². The number of carbonyl (C=O) groups excluding carboxylic acids is 2. The van der Waals surface area contributed by atoms with Crippen LogP contribution in [-0.2, 0) is 9.53 Å². The van der Waals surface area contributed by atoms with Crippen molar-refractivity contribution < 1.29 is 14.3 Å². The first-order chi connectivity index (χ1) is 6.74. The Balaban J connectivity index is 2.59. The van der Waals surface area contributed by atoms with Gasteiger partial charge < -0.3 is 10.1 Å². The number of hydrogen-bond donors (Lipinski definition) is 1. The van der Waals surface area contributed by atoms with E-state index in [4.69, 9.17) is 5.41 Å². The van der Waals surface area contributed by atoms with Gasteiger partial charge in [0.05, 0.1) is 6.42 Å². The van der Waals surface area contributed by atoms with Crippen LogP contribution in [0.5, 0.6) is 0 Å². The lowest BCUT2D eigenvalue weighted by Crippen LogP contribution is -2.13. The van der Waals surface area contributed by atoms with Gasteiger partial charge in [-0.3, -0.25) is 4.79 Å². The van der Waals surface area contributed by atoms with Gasteiger partial charge >= 0.3 is 11.9 Å². The zero-order valence-corrected chi connectivity index (χ0v) is 7.27. The predicted molar refractivity (Wildman–Crippen MR) is 48.1 cm³/mol. The molecule has 0 aliphatic rings. The predicted octanol–water partition coefficient (Wildman–Crippen LogP) is 0.805. The van der Waals surface area contributed by atoms with E-state index in [2.05, 4.69) is 9.72 Å². The third-order valence-corrected chi connectivity index (χ3v) is 1.35. The largest absolute Gasteiger partial charge is 0.388 e. The van der Waals surface area contributed by atoms with Crippen molar-refractivity contribution >= 4 is 18.2 Å². The molecule has 0 amide bonds. The standard InChI is InChI=1S/C9H8N2O3/c10-5-4-8(12)14-9(13)7-3-1-2-6-11-7/h1-3,5-6,10H,4H2. The molecule has 14 heavy (non-hydrogen) atoms. The van der Waals surface area contributed by atoms with Gasteiger partial charge in [-0.1, -0.05) is 6.07 Å². The van der Waals surface area contributed by atoms with Gasteiger partial charge in [-0.05, 0) is 12.1 Å². The normalized spacial score (nSPS) is 9.14. The lowest BCUT2D eigenvalue weighted by atomic mass is 10.3. The molecule has 0 unspecified atom stereocenters. The van der Waals surface area contributed by atoms with Crippen LogP contribution in [0.4, 0.5) is 0 Å². The fourth-order valence-corrected chi connectivity index (χ4v) is 0.764. The number of nitrogens with zero attached hydrogens (tertiary/aromatic N) is 1. The van der Waals surface area contributed by atoms with Gasteiger partial charge in [-0.15, -0.1) is 0 Å². The summed E-state index contributed by atoms with van der Waals surface area (Å²) >= 11 is 0. The molecule has 0 bridgehead atoms. The molecule has 0 atom stereocenters. The van der Waals surface area contributed by atoms with Crippen LogP contribution in [0.15, 0.2) is 24.4 Å². The fourth-order valence-electron chi connectivity index (χ4n) is 0.764. The van der Waals surface area contributed by atoms with Gasteiger partial charge in [-0.25, -0.2) is 9.78 Å². The van der Waals surface area contributed by atoms with Crippen LogP contribution in [0, 0.1) is 5.41 Å². The minimum atomic E-state index is -0.794. The summed E-state index contributed by atoms with van der Waals surface area (Å²) in [6.07, 6.45) is 2.09. The van der Waals surface area contributed by atoms with Crippen LogP contribution in [0.2, 0.25) is 0 Å². The molecule has 72 valence electrons. The molecule has 0 saturated heterocycles. The molecule has 1 aromatic heterocycles. The van der Waals surface area contributed by atoms with Crippen molar-refractivity contribution in [2.24, 2.45) is 0 Å². The van der Waals surface area contributed by atoms with E-state index in [1.54, 1.807) is 12.1 Å². The minimum Gasteiger partial charge on any atom is -0.388 e. The van der Waals surface area contributed by atoms with Crippen molar-refractivity contribution in [3.63, 3.8) is 0 Å². The van der Waals surface area contributed by atoms with E-state index in [1.807, 2.05) is 0 Å². The first-order valence-corrected chi connectivity index (χ1v) is 3.89. The molecular formula is C9H8N2O3. The summed E-state index contributed by atoms with van der Waals surface area (Å²) in [5.74, 6) is -1.55. The lowest BCUT2D eigenvalue weighted by molar-refractivity contribution is -0.136. The van der Waals surface area contributed by atoms with Crippen LogP contribution in [0.25, 0.3) is 0 Å². The van der Waals surface area contributed by atoms with E-state index in [0.29, 0.717) is 0 Å². The lowest BCUT2D eigenvalue weighted by Gasteiger charge is -1.98. The molecule has 0 saturated carbocycles. The fraction of sp³-hybridized carbons (Fsp3) is 0.111. The Morgan fingerprint density at radius 2 is 2.29 bits per heavy atom. The van der Waals surface area contributed by atoms with Crippen LogP contribution >= 0.6 is 0 Å². The van der Waals surface area contributed by atoms with E-state index >= 15 is 0 Å². The highest BCUT2D eigenvalue weighted by Gasteiger charge is 2.12. The molecule has 0 radical (unpaired) electrons. The van der Waals surface area contributed by atoms with Gasteiger partial charge in [0.2, 0.25) is 0 Å². The number of aromatic nitrogens is 1. The molecule has 1 N–H and O–H groups in total. The van der Waals surface area contributed by atoms with Crippen LogP contribution in [0.3, 0.4) is 0 Å². The van der Waals surface area contributed by atoms with Gasteiger partial charge in [0.1, 0.15) is 5.69 Å². The molecule has 5 heteroatoms. The second kappa shape index (κ2) is 4.86. The Hall–Kier alpha value is -2.04. The van der Waals surface area contributed by atoms with Crippen LogP contribution < -0.4 is 0 Å². The SMILES string of the molecule is N=CCC(=O)OC(=O)c1ccccn1. The van der Waals surface area contributed by atoms with Crippen molar-refractivity contribution in [3.8, 4) is 0 Å². The molecule has 0 aliphatic carbocycles. The van der Waals surface area contributed by atoms with Gasteiger partial charge in [0, 0.05) is 12.4 Å². The first-order valence-electron chi connectivity index (χ1n) is 3.89. The maximum absolute atomic E-state index is 11.1. The summed E-state index contributed by atoms with van der Waals surface area (Å²) in [5, 5.41) is 6.63. The Kier molecular flexibility index (Phi) is 3.49. The number of ether oxygens (including phenoxy) is 1. The van der Waals surface area contributed by atoms with Gasteiger partial charge in [0.25, 0.3) is 0 Å². The van der Waals surface area contributed by atoms with Crippen molar-refractivity contribution in [1.82, 2.24) is 4.98 Å². The third kappa shape index (κ3) is 2.78. The summed E-state index contributed by atoms with van der Waals surface area (Å²) in [7, 11) is 0. The molecule has 0 aromatic carbocycles. The molecule has 0 fully saturated rings. The topological polar surface area (TPSA) is 80.1 Å². The number of carbonyl (C=O) groups is 2. The summed E-state index contributed by atoms with van der Waals surface area (Å²) in [6.45, 7) is 0. The quantitative estimate of drug-likeness (QED) is 0.436. The molecule has 1 rings (SSSR count). The molecule has 1 aromatic rings. The second-order valence-corrected chi connectivity index (χ2v) is 2.38. The molecule has 1 heterocycles. The number of pyridine rings is 1. The summed E-state index contributed by atoms with van der Waals surface area (Å²) in [5.41, 5.74) is 0.0748. The number of nitrogens with one attached hydrogen (secondary N) is 1. The Labute approximate surface area is 80.2 Å². The highest BCUT2D eigenvalue weighted by atomic mass is 16.6. The Morgan fingerprint density at radius 3 is 2.86 bits per heavy atom. The van der Waals surface area contributed by atoms with E-state index in [9.17, 15) is 9.59 Å². The highest BCUT2D eigenvalue weighted by molar-refractivity contribution is 5.98. The zero-order valence-electron chi connectivity index (χ0n) is 7.27. The van der Waals surface area contributed by atoms with Crippen molar-refractivity contribution in [3.05, 3.63) is 30.1 Å². The van der Waals surface area contributed by atoms with Crippen molar-refractivity contribution in [1.29, 1.82) is 5.41 Å². The summed E-state index contributed by atoms with van der Waals surface area (Å²) in [6, 6.07) is 4.71. The second-order valence-electron chi connectivity index (χ2n) is 2.38. The molecule has 0 spiro atoms. The van der Waals surface area contributed by atoms with Gasteiger partial charge in [0.15, 0.2) is 0 Å². The average Bonchev–Trinajstić information content (AvgIpc) is 2.19. The van der Waals surface area contributed by atoms with Crippen LogP contribution in [-0.4, -0.2) is 23.1 Å². The zero-order chi connectivity index (χ0) is 10.4. The van der Waals surface area contributed by atoms with E-state index < -0.39 is 11.9 Å². The number of hydrogen-bond acceptors (Lipinski definition) is 5. The summed E-state index contributed by atoms with van der Waals surface area (Å²) in [4.78, 5) is 25.7. The average molecular weight is 192 g/mol.